The van der Waals surface area contributed by atoms with E-state index in [-0.39, 0.29) is 0 Å². The van der Waals surface area contributed by atoms with E-state index < -0.39 is 0 Å². The van der Waals surface area contributed by atoms with Crippen LogP contribution in [-0.2, 0) is 9.47 Å². The topological polar surface area (TPSA) is 18.5 Å². The summed E-state index contributed by atoms with van der Waals surface area (Å²) in [6, 6.07) is 0. The molecule has 0 aromatic heterocycles. The van der Waals surface area contributed by atoms with Gasteiger partial charge in [0, 0.05) is 4.83 Å². The summed E-state index contributed by atoms with van der Waals surface area (Å²) in [5, 5.41) is 0. The molecule has 0 spiro atoms. The third-order valence-corrected chi connectivity index (χ3v) is 2.01. The van der Waals surface area contributed by atoms with Crippen molar-refractivity contribution in [2.75, 3.05) is 13.4 Å². The van der Waals surface area contributed by atoms with Gasteiger partial charge >= 0.3 is 0 Å². The average Bonchev–Trinajstić information content (AvgIpc) is 1.90. The zero-order chi connectivity index (χ0) is 6.69. The minimum absolute atomic E-state index is 0.346. The van der Waals surface area contributed by atoms with Crippen LogP contribution in [0.1, 0.15) is 13.3 Å². The SMILES string of the molecule is CC(Br)C1CCOCO1. The molecule has 54 valence electrons. The monoisotopic (exact) mass is 194 g/mol. The molecule has 1 saturated heterocycles. The van der Waals surface area contributed by atoms with E-state index in [2.05, 4.69) is 22.9 Å². The molecule has 3 heteroatoms. The Bertz CT molecular complexity index is 79.1. The number of alkyl halides is 1. The van der Waals surface area contributed by atoms with E-state index in [1.54, 1.807) is 0 Å². The fourth-order valence-corrected chi connectivity index (χ4v) is 1.26. The summed E-state index contributed by atoms with van der Waals surface area (Å²) in [6.45, 7) is 3.39. The molecule has 9 heavy (non-hydrogen) atoms. The number of rotatable bonds is 1. The van der Waals surface area contributed by atoms with Crippen molar-refractivity contribution in [3.8, 4) is 0 Å². The Morgan fingerprint density at radius 2 is 2.44 bits per heavy atom. The zero-order valence-corrected chi connectivity index (χ0v) is 7.06. The highest BCUT2D eigenvalue weighted by atomic mass is 79.9. The Labute approximate surface area is 63.7 Å². The van der Waals surface area contributed by atoms with Crippen LogP contribution in [-0.4, -0.2) is 24.3 Å². The zero-order valence-electron chi connectivity index (χ0n) is 5.47. The smallest absolute Gasteiger partial charge is 0.147 e. The van der Waals surface area contributed by atoms with E-state index >= 15 is 0 Å². The molecule has 0 N–H and O–H groups in total. The molecule has 0 saturated carbocycles. The first kappa shape index (κ1) is 7.51. The van der Waals surface area contributed by atoms with Crippen LogP contribution in [0.25, 0.3) is 0 Å². The van der Waals surface area contributed by atoms with Crippen LogP contribution in [0, 0.1) is 0 Å². The maximum absolute atomic E-state index is 5.27. The first-order valence-electron chi connectivity index (χ1n) is 3.14. The standard InChI is InChI=1S/C6H11BrO2/c1-5(7)6-2-3-8-4-9-6/h5-6H,2-4H2,1H3. The van der Waals surface area contributed by atoms with E-state index in [1.165, 1.54) is 0 Å². The maximum atomic E-state index is 5.27. The van der Waals surface area contributed by atoms with Gasteiger partial charge in [0.1, 0.15) is 6.79 Å². The molecule has 2 atom stereocenters. The van der Waals surface area contributed by atoms with Gasteiger partial charge in [-0.3, -0.25) is 0 Å². The molecule has 0 amide bonds. The first-order chi connectivity index (χ1) is 4.30. The number of hydrogen-bond donors (Lipinski definition) is 0. The number of ether oxygens (including phenoxy) is 2. The van der Waals surface area contributed by atoms with E-state index in [0.717, 1.165) is 13.0 Å². The van der Waals surface area contributed by atoms with E-state index in [4.69, 9.17) is 9.47 Å². The predicted octanol–water partition coefficient (Wildman–Crippen LogP) is 1.53. The van der Waals surface area contributed by atoms with Crippen LogP contribution >= 0.6 is 15.9 Å². The Morgan fingerprint density at radius 3 is 2.78 bits per heavy atom. The second-order valence-electron chi connectivity index (χ2n) is 2.20. The lowest BCUT2D eigenvalue weighted by Crippen LogP contribution is -2.29. The highest BCUT2D eigenvalue weighted by Gasteiger charge is 2.18. The molecular formula is C6H11BrO2. The molecule has 0 aromatic rings. The summed E-state index contributed by atoms with van der Waals surface area (Å²) in [7, 11) is 0. The summed E-state index contributed by atoms with van der Waals surface area (Å²) in [5.74, 6) is 0. The summed E-state index contributed by atoms with van der Waals surface area (Å²) >= 11 is 3.46. The Hall–Kier alpha value is 0.400. The van der Waals surface area contributed by atoms with Crippen LogP contribution < -0.4 is 0 Å². The minimum Gasteiger partial charge on any atom is -0.355 e. The Morgan fingerprint density at radius 1 is 1.67 bits per heavy atom. The van der Waals surface area contributed by atoms with Gasteiger partial charge in [0.2, 0.25) is 0 Å². The lowest BCUT2D eigenvalue weighted by molar-refractivity contribution is -0.136. The van der Waals surface area contributed by atoms with Crippen LogP contribution in [0.5, 0.6) is 0 Å². The van der Waals surface area contributed by atoms with Crippen LogP contribution in [0.2, 0.25) is 0 Å². The molecule has 1 rings (SSSR count). The summed E-state index contributed by atoms with van der Waals surface area (Å²) in [4.78, 5) is 0.446. The largest absolute Gasteiger partial charge is 0.355 e. The van der Waals surface area contributed by atoms with Crippen molar-refractivity contribution in [1.82, 2.24) is 0 Å². The van der Waals surface area contributed by atoms with Crippen molar-refractivity contribution in [1.29, 1.82) is 0 Å². The molecule has 0 aliphatic carbocycles. The molecule has 1 aliphatic rings. The van der Waals surface area contributed by atoms with Gasteiger partial charge in [-0.15, -0.1) is 0 Å². The molecular weight excluding hydrogens is 184 g/mol. The fraction of sp³-hybridized carbons (Fsp3) is 1.00. The molecule has 0 aromatic carbocycles. The van der Waals surface area contributed by atoms with Crippen molar-refractivity contribution in [3.05, 3.63) is 0 Å². The molecule has 1 heterocycles. The highest BCUT2D eigenvalue weighted by Crippen LogP contribution is 2.15. The van der Waals surface area contributed by atoms with Crippen molar-refractivity contribution in [2.24, 2.45) is 0 Å². The lowest BCUT2D eigenvalue weighted by Gasteiger charge is -2.24. The van der Waals surface area contributed by atoms with Gasteiger partial charge in [0.05, 0.1) is 12.7 Å². The van der Waals surface area contributed by atoms with Gasteiger partial charge in [-0.25, -0.2) is 0 Å². The van der Waals surface area contributed by atoms with Gasteiger partial charge in [-0.2, -0.15) is 0 Å². The summed E-state index contributed by atoms with van der Waals surface area (Å²) in [5.41, 5.74) is 0. The van der Waals surface area contributed by atoms with Gasteiger partial charge in [0.25, 0.3) is 0 Å². The predicted molar refractivity (Wildman–Crippen MR) is 38.7 cm³/mol. The minimum atomic E-state index is 0.346. The van der Waals surface area contributed by atoms with E-state index in [1.807, 2.05) is 0 Å². The Balaban J connectivity index is 2.23. The molecule has 1 aliphatic heterocycles. The van der Waals surface area contributed by atoms with E-state index in [9.17, 15) is 0 Å². The lowest BCUT2D eigenvalue weighted by atomic mass is 10.2. The normalized spacial score (nSPS) is 32.0. The van der Waals surface area contributed by atoms with Crippen LogP contribution in [0.3, 0.4) is 0 Å². The number of hydrogen-bond acceptors (Lipinski definition) is 2. The second-order valence-corrected chi connectivity index (χ2v) is 3.64. The van der Waals surface area contributed by atoms with Gasteiger partial charge in [-0.05, 0) is 6.42 Å². The summed E-state index contributed by atoms with van der Waals surface area (Å²) < 4.78 is 10.3. The van der Waals surface area contributed by atoms with Gasteiger partial charge in [0.15, 0.2) is 0 Å². The maximum Gasteiger partial charge on any atom is 0.147 e. The van der Waals surface area contributed by atoms with Crippen molar-refractivity contribution in [3.63, 3.8) is 0 Å². The van der Waals surface area contributed by atoms with Gasteiger partial charge < -0.3 is 9.47 Å². The Kier molecular flexibility index (Phi) is 2.95. The van der Waals surface area contributed by atoms with Crippen LogP contribution in [0.4, 0.5) is 0 Å². The molecule has 2 unspecified atom stereocenters. The van der Waals surface area contributed by atoms with Crippen molar-refractivity contribution in [2.45, 2.75) is 24.3 Å². The number of halogens is 1. The molecule has 1 fully saturated rings. The molecule has 2 nitrogen and oxygen atoms in total. The average molecular weight is 195 g/mol. The molecule has 0 bridgehead atoms. The third-order valence-electron chi connectivity index (χ3n) is 1.42. The van der Waals surface area contributed by atoms with Crippen molar-refractivity contribution >= 4 is 15.9 Å². The highest BCUT2D eigenvalue weighted by molar-refractivity contribution is 9.09. The second kappa shape index (κ2) is 3.54. The molecule has 0 radical (unpaired) electrons. The summed E-state index contributed by atoms with van der Waals surface area (Å²) in [6.07, 6.45) is 1.35. The van der Waals surface area contributed by atoms with E-state index in [0.29, 0.717) is 17.7 Å². The van der Waals surface area contributed by atoms with Crippen molar-refractivity contribution < 1.29 is 9.47 Å². The van der Waals surface area contributed by atoms with Crippen LogP contribution in [0.15, 0.2) is 0 Å². The quantitative estimate of drug-likeness (QED) is 0.590. The first-order valence-corrected chi connectivity index (χ1v) is 4.05. The fourth-order valence-electron chi connectivity index (χ4n) is 0.840. The third kappa shape index (κ3) is 2.24. The van der Waals surface area contributed by atoms with Gasteiger partial charge in [-0.1, -0.05) is 22.9 Å².